The molecule has 2 aromatic rings. The first kappa shape index (κ1) is 18.9. The van der Waals surface area contributed by atoms with Crippen LogP contribution in [0, 0.1) is 5.82 Å². The number of carbonyl (C=O) groups excluding carboxylic acids is 1. The summed E-state index contributed by atoms with van der Waals surface area (Å²) < 4.78 is 44.3. The summed E-state index contributed by atoms with van der Waals surface area (Å²) in [5.41, 5.74) is 5.38. The van der Waals surface area contributed by atoms with Crippen molar-refractivity contribution >= 4 is 15.9 Å². The third-order valence-corrected chi connectivity index (χ3v) is 5.42. The van der Waals surface area contributed by atoms with Crippen molar-refractivity contribution in [2.24, 2.45) is 5.73 Å². The standard InChI is InChI=1S/C17H19FN2O4S/c1-20(11-2-12-24-15-7-5-14(18)6-8-15)25(22,23)16-9-3-13(4-10-16)17(19)21/h3-10H,2,11-12H2,1H3,(H2,19,21). The summed E-state index contributed by atoms with van der Waals surface area (Å²) in [5, 5.41) is 0. The summed E-state index contributed by atoms with van der Waals surface area (Å²) in [6.45, 7) is 0.549. The second-order valence-corrected chi connectivity index (χ2v) is 7.42. The molecule has 0 spiro atoms. The van der Waals surface area contributed by atoms with E-state index >= 15 is 0 Å². The van der Waals surface area contributed by atoms with Crippen molar-refractivity contribution in [3.63, 3.8) is 0 Å². The van der Waals surface area contributed by atoms with Crippen molar-refractivity contribution in [3.05, 3.63) is 59.9 Å². The molecule has 0 bridgehead atoms. The second-order valence-electron chi connectivity index (χ2n) is 5.37. The molecular formula is C17H19FN2O4S. The number of hydrogen-bond donors (Lipinski definition) is 1. The topological polar surface area (TPSA) is 89.7 Å². The quantitative estimate of drug-likeness (QED) is 0.724. The average molecular weight is 366 g/mol. The van der Waals surface area contributed by atoms with Crippen molar-refractivity contribution in [2.75, 3.05) is 20.2 Å². The smallest absolute Gasteiger partial charge is 0.248 e. The molecule has 0 radical (unpaired) electrons. The maximum Gasteiger partial charge on any atom is 0.248 e. The monoisotopic (exact) mass is 366 g/mol. The van der Waals surface area contributed by atoms with Gasteiger partial charge in [-0.3, -0.25) is 4.79 Å². The van der Waals surface area contributed by atoms with E-state index in [1.54, 1.807) is 0 Å². The van der Waals surface area contributed by atoms with Gasteiger partial charge in [0.25, 0.3) is 0 Å². The van der Waals surface area contributed by atoms with E-state index in [-0.39, 0.29) is 22.8 Å². The fourth-order valence-electron chi connectivity index (χ4n) is 2.10. The summed E-state index contributed by atoms with van der Waals surface area (Å²) >= 11 is 0. The predicted octanol–water partition coefficient (Wildman–Crippen LogP) is 2.01. The number of rotatable bonds is 8. The van der Waals surface area contributed by atoms with E-state index in [9.17, 15) is 17.6 Å². The van der Waals surface area contributed by atoms with Crippen molar-refractivity contribution in [2.45, 2.75) is 11.3 Å². The zero-order valence-electron chi connectivity index (χ0n) is 13.7. The van der Waals surface area contributed by atoms with Crippen LogP contribution in [0.3, 0.4) is 0 Å². The molecule has 0 aliphatic carbocycles. The van der Waals surface area contributed by atoms with Gasteiger partial charge in [0, 0.05) is 19.2 Å². The number of amides is 1. The Morgan fingerprint density at radius 1 is 1.12 bits per heavy atom. The molecule has 2 N–H and O–H groups in total. The molecular weight excluding hydrogens is 347 g/mol. The third kappa shape index (κ3) is 5.01. The van der Waals surface area contributed by atoms with E-state index in [1.165, 1.54) is 59.9 Å². The molecule has 8 heteroatoms. The zero-order chi connectivity index (χ0) is 18.4. The van der Waals surface area contributed by atoms with Crippen LogP contribution in [0.1, 0.15) is 16.8 Å². The molecule has 6 nitrogen and oxygen atoms in total. The molecule has 1 amide bonds. The number of halogens is 1. The molecule has 134 valence electrons. The molecule has 0 unspecified atom stereocenters. The first-order valence-corrected chi connectivity index (χ1v) is 8.99. The summed E-state index contributed by atoms with van der Waals surface area (Å²) in [7, 11) is -2.19. The minimum absolute atomic E-state index is 0.0828. The number of carbonyl (C=O) groups is 1. The van der Waals surface area contributed by atoms with E-state index in [4.69, 9.17) is 10.5 Å². The van der Waals surface area contributed by atoms with Crippen molar-refractivity contribution < 1.29 is 22.3 Å². The highest BCUT2D eigenvalue weighted by Gasteiger charge is 2.20. The van der Waals surface area contributed by atoms with E-state index in [2.05, 4.69) is 0 Å². The van der Waals surface area contributed by atoms with Gasteiger partial charge in [0.1, 0.15) is 11.6 Å². The Balaban J connectivity index is 1.89. The first-order valence-electron chi connectivity index (χ1n) is 7.55. The molecule has 0 saturated carbocycles. The van der Waals surface area contributed by atoms with Crippen molar-refractivity contribution in [3.8, 4) is 5.75 Å². The van der Waals surface area contributed by atoms with Crippen LogP contribution in [0.2, 0.25) is 0 Å². The zero-order valence-corrected chi connectivity index (χ0v) is 14.5. The highest BCUT2D eigenvalue weighted by molar-refractivity contribution is 7.89. The SMILES string of the molecule is CN(CCCOc1ccc(F)cc1)S(=O)(=O)c1ccc(C(N)=O)cc1. The highest BCUT2D eigenvalue weighted by atomic mass is 32.2. The number of primary amides is 1. The van der Waals surface area contributed by atoms with Crippen LogP contribution in [0.25, 0.3) is 0 Å². The molecule has 0 heterocycles. The van der Waals surface area contributed by atoms with Crippen LogP contribution in [0.4, 0.5) is 4.39 Å². The Kier molecular flexibility index (Phi) is 6.11. The Bertz CT molecular complexity index is 821. The van der Waals surface area contributed by atoms with Gasteiger partial charge < -0.3 is 10.5 Å². The number of sulfonamides is 1. The van der Waals surface area contributed by atoms with Crippen LogP contribution in [-0.2, 0) is 10.0 Å². The van der Waals surface area contributed by atoms with Crippen molar-refractivity contribution in [1.82, 2.24) is 4.31 Å². The largest absolute Gasteiger partial charge is 0.494 e. The molecule has 0 atom stereocenters. The van der Waals surface area contributed by atoms with Crippen LogP contribution in [-0.4, -0.2) is 38.8 Å². The van der Waals surface area contributed by atoms with Gasteiger partial charge >= 0.3 is 0 Å². The maximum absolute atomic E-state index is 12.8. The van der Waals surface area contributed by atoms with Gasteiger partial charge in [-0.2, -0.15) is 0 Å². The van der Waals surface area contributed by atoms with E-state index in [1.807, 2.05) is 0 Å². The molecule has 2 rings (SSSR count). The average Bonchev–Trinajstić information content (AvgIpc) is 2.60. The van der Waals surface area contributed by atoms with Crippen LogP contribution in [0.15, 0.2) is 53.4 Å². The number of ether oxygens (including phenoxy) is 1. The summed E-state index contributed by atoms with van der Waals surface area (Å²) in [4.78, 5) is 11.1. The molecule has 25 heavy (non-hydrogen) atoms. The Labute approximate surface area is 146 Å². The summed E-state index contributed by atoms with van der Waals surface area (Å²) in [6.07, 6.45) is 0.465. The van der Waals surface area contributed by atoms with E-state index < -0.39 is 15.9 Å². The number of nitrogens with two attached hydrogens (primary N) is 1. The minimum atomic E-state index is -3.66. The molecule has 0 aliphatic rings. The van der Waals surface area contributed by atoms with Gasteiger partial charge in [0.2, 0.25) is 15.9 Å². The fourth-order valence-corrected chi connectivity index (χ4v) is 3.31. The minimum Gasteiger partial charge on any atom is -0.494 e. The molecule has 2 aromatic carbocycles. The molecule has 0 aromatic heterocycles. The van der Waals surface area contributed by atoms with Gasteiger partial charge in [-0.25, -0.2) is 17.1 Å². The van der Waals surface area contributed by atoms with Gasteiger partial charge in [0.05, 0.1) is 11.5 Å². The Morgan fingerprint density at radius 2 is 1.72 bits per heavy atom. The molecule has 0 aliphatic heterocycles. The highest BCUT2D eigenvalue weighted by Crippen LogP contribution is 2.16. The lowest BCUT2D eigenvalue weighted by molar-refractivity contribution is 0.1000. The van der Waals surface area contributed by atoms with Gasteiger partial charge in [0.15, 0.2) is 0 Å². The fraction of sp³-hybridized carbons (Fsp3) is 0.235. The number of benzene rings is 2. The summed E-state index contributed by atoms with van der Waals surface area (Å²) in [5.74, 6) is -0.440. The maximum atomic E-state index is 12.8. The van der Waals surface area contributed by atoms with Crippen LogP contribution >= 0.6 is 0 Å². The van der Waals surface area contributed by atoms with Crippen LogP contribution < -0.4 is 10.5 Å². The van der Waals surface area contributed by atoms with Gasteiger partial charge in [-0.15, -0.1) is 0 Å². The Hall–Kier alpha value is -2.45. The van der Waals surface area contributed by atoms with Crippen molar-refractivity contribution in [1.29, 1.82) is 0 Å². The normalized spacial score (nSPS) is 11.5. The molecule has 0 saturated heterocycles. The van der Waals surface area contributed by atoms with Gasteiger partial charge in [-0.05, 0) is 55.0 Å². The summed E-state index contributed by atoms with van der Waals surface area (Å²) in [6, 6.07) is 11.1. The Morgan fingerprint density at radius 3 is 2.28 bits per heavy atom. The van der Waals surface area contributed by atoms with Gasteiger partial charge in [-0.1, -0.05) is 0 Å². The third-order valence-electron chi connectivity index (χ3n) is 3.55. The molecule has 0 fully saturated rings. The number of nitrogens with zero attached hydrogens (tertiary/aromatic N) is 1. The number of hydrogen-bond acceptors (Lipinski definition) is 4. The lowest BCUT2D eigenvalue weighted by atomic mass is 10.2. The lowest BCUT2D eigenvalue weighted by Crippen LogP contribution is -2.29. The van der Waals surface area contributed by atoms with Crippen LogP contribution in [0.5, 0.6) is 5.75 Å². The predicted molar refractivity (Wildman–Crippen MR) is 91.3 cm³/mol. The first-order chi connectivity index (χ1) is 11.8. The lowest BCUT2D eigenvalue weighted by Gasteiger charge is -2.17. The second kappa shape index (κ2) is 8.09. The van der Waals surface area contributed by atoms with E-state index in [0.29, 0.717) is 18.8 Å². The van der Waals surface area contributed by atoms with E-state index in [0.717, 1.165) is 0 Å².